The molecule has 0 unspecified atom stereocenters. The van der Waals surface area contributed by atoms with Crippen molar-refractivity contribution in [3.05, 3.63) is 29.3 Å². The molecule has 0 bridgehead atoms. The maximum Gasteiger partial charge on any atom is 0.123 e. The summed E-state index contributed by atoms with van der Waals surface area (Å²) >= 11 is 0. The quantitative estimate of drug-likeness (QED) is 0.747. The number of hydrogen-bond donors (Lipinski definition) is 2. The summed E-state index contributed by atoms with van der Waals surface area (Å²) in [7, 11) is 1.64. The fourth-order valence-corrected chi connectivity index (χ4v) is 1.85. The molecule has 0 aliphatic rings. The Balaban J connectivity index is 2.94. The summed E-state index contributed by atoms with van der Waals surface area (Å²) in [5, 5.41) is 17.7. The number of ether oxygens (including phenoxy) is 1. The van der Waals surface area contributed by atoms with Gasteiger partial charge in [-0.15, -0.1) is 0 Å². The summed E-state index contributed by atoms with van der Waals surface area (Å²) in [6.07, 6.45) is 0. The second kappa shape index (κ2) is 8.54. The number of aliphatic hydroxyl groups excluding tert-OH is 2. The van der Waals surface area contributed by atoms with Crippen molar-refractivity contribution in [1.29, 1.82) is 0 Å². The van der Waals surface area contributed by atoms with E-state index < -0.39 is 0 Å². The highest BCUT2D eigenvalue weighted by Gasteiger charge is 2.08. The normalized spacial score (nSPS) is 10.2. The lowest BCUT2D eigenvalue weighted by atomic mass is 10.1. The lowest BCUT2D eigenvalue weighted by Crippen LogP contribution is -2.26. The molecule has 4 heteroatoms. The average Bonchev–Trinajstić information content (AvgIpc) is 2.44. The van der Waals surface area contributed by atoms with Crippen LogP contribution in [-0.2, 0) is 6.54 Å². The predicted octanol–water partition coefficient (Wildman–Crippen LogP) is 0.853. The SMILES string of the molecule is CCN(CCO)Cc1cc(C#CCO)ccc1OC. The Bertz CT molecular complexity index is 448. The summed E-state index contributed by atoms with van der Waals surface area (Å²) in [5.41, 5.74) is 1.88. The average molecular weight is 263 g/mol. The zero-order chi connectivity index (χ0) is 14.1. The van der Waals surface area contributed by atoms with Gasteiger partial charge in [0.05, 0.1) is 13.7 Å². The third kappa shape index (κ3) is 4.92. The van der Waals surface area contributed by atoms with Gasteiger partial charge in [0.25, 0.3) is 0 Å². The minimum absolute atomic E-state index is 0.139. The zero-order valence-electron chi connectivity index (χ0n) is 11.5. The number of nitrogens with zero attached hydrogens (tertiary/aromatic N) is 1. The zero-order valence-corrected chi connectivity index (χ0v) is 11.5. The minimum atomic E-state index is -0.146. The summed E-state index contributed by atoms with van der Waals surface area (Å²) < 4.78 is 5.34. The van der Waals surface area contributed by atoms with Crippen molar-refractivity contribution in [2.45, 2.75) is 13.5 Å². The van der Waals surface area contributed by atoms with Crippen molar-refractivity contribution in [2.75, 3.05) is 33.4 Å². The largest absolute Gasteiger partial charge is 0.496 e. The lowest BCUT2D eigenvalue weighted by Gasteiger charge is -2.20. The van der Waals surface area contributed by atoms with Crippen molar-refractivity contribution in [1.82, 2.24) is 4.90 Å². The molecule has 0 aliphatic heterocycles. The second-order valence-corrected chi connectivity index (χ2v) is 4.08. The molecule has 4 nitrogen and oxygen atoms in total. The maximum atomic E-state index is 9.02. The molecule has 19 heavy (non-hydrogen) atoms. The molecule has 0 saturated carbocycles. The number of aliphatic hydroxyl groups is 2. The molecule has 0 atom stereocenters. The van der Waals surface area contributed by atoms with Gasteiger partial charge in [-0.3, -0.25) is 4.90 Å². The first-order chi connectivity index (χ1) is 9.24. The fourth-order valence-electron chi connectivity index (χ4n) is 1.85. The molecule has 0 heterocycles. The maximum absolute atomic E-state index is 9.02. The van der Waals surface area contributed by atoms with E-state index in [9.17, 15) is 0 Å². The van der Waals surface area contributed by atoms with Crippen molar-refractivity contribution in [2.24, 2.45) is 0 Å². The summed E-state index contributed by atoms with van der Waals surface area (Å²) in [5.74, 6) is 6.33. The molecule has 104 valence electrons. The molecule has 1 aromatic rings. The van der Waals surface area contributed by atoms with Crippen LogP contribution in [0.2, 0.25) is 0 Å². The lowest BCUT2D eigenvalue weighted by molar-refractivity contribution is 0.195. The smallest absolute Gasteiger partial charge is 0.123 e. The molecule has 2 N–H and O–H groups in total. The van der Waals surface area contributed by atoms with Crippen LogP contribution in [-0.4, -0.2) is 48.5 Å². The molecular weight excluding hydrogens is 242 g/mol. The van der Waals surface area contributed by atoms with Crippen LogP contribution >= 0.6 is 0 Å². The Morgan fingerprint density at radius 3 is 2.68 bits per heavy atom. The van der Waals surface area contributed by atoms with E-state index in [1.54, 1.807) is 7.11 Å². The van der Waals surface area contributed by atoms with E-state index in [1.165, 1.54) is 0 Å². The number of methoxy groups -OCH3 is 1. The first kappa shape index (κ1) is 15.5. The third-order valence-corrected chi connectivity index (χ3v) is 2.85. The molecule has 0 spiro atoms. The van der Waals surface area contributed by atoms with E-state index >= 15 is 0 Å². The molecule has 0 aromatic heterocycles. The Kier molecular flexibility index (Phi) is 6.98. The highest BCUT2D eigenvalue weighted by molar-refractivity contribution is 5.44. The Labute approximate surface area is 114 Å². The molecule has 0 aliphatic carbocycles. The minimum Gasteiger partial charge on any atom is -0.496 e. The molecule has 0 radical (unpaired) electrons. The van der Waals surface area contributed by atoms with E-state index in [2.05, 4.69) is 23.7 Å². The Morgan fingerprint density at radius 2 is 2.11 bits per heavy atom. The van der Waals surface area contributed by atoms with Gasteiger partial charge < -0.3 is 14.9 Å². The monoisotopic (exact) mass is 263 g/mol. The van der Waals surface area contributed by atoms with E-state index in [-0.39, 0.29) is 13.2 Å². The number of rotatable bonds is 6. The molecule has 1 rings (SSSR count). The van der Waals surface area contributed by atoms with Gasteiger partial charge in [-0.2, -0.15) is 0 Å². The second-order valence-electron chi connectivity index (χ2n) is 4.08. The van der Waals surface area contributed by atoms with Crippen LogP contribution in [0.25, 0.3) is 0 Å². The van der Waals surface area contributed by atoms with Gasteiger partial charge >= 0.3 is 0 Å². The van der Waals surface area contributed by atoms with Crippen molar-refractivity contribution < 1.29 is 14.9 Å². The predicted molar refractivity (Wildman–Crippen MR) is 75.0 cm³/mol. The van der Waals surface area contributed by atoms with Crippen molar-refractivity contribution in [3.8, 4) is 17.6 Å². The van der Waals surface area contributed by atoms with Gasteiger partial charge in [-0.05, 0) is 24.7 Å². The standard InChI is InChI=1S/C15H21NO3/c1-3-16(8-10-18)12-14-11-13(5-4-9-17)6-7-15(14)19-2/h6-7,11,17-18H,3,8-10,12H2,1-2H3. The highest BCUT2D eigenvalue weighted by Crippen LogP contribution is 2.21. The Morgan fingerprint density at radius 1 is 1.32 bits per heavy atom. The van der Waals surface area contributed by atoms with E-state index in [4.69, 9.17) is 14.9 Å². The highest BCUT2D eigenvalue weighted by atomic mass is 16.5. The van der Waals surface area contributed by atoms with Gasteiger partial charge in [-0.25, -0.2) is 0 Å². The van der Waals surface area contributed by atoms with Gasteiger partial charge in [0, 0.05) is 24.2 Å². The van der Waals surface area contributed by atoms with Crippen LogP contribution in [0.5, 0.6) is 5.75 Å². The molecular formula is C15H21NO3. The topological polar surface area (TPSA) is 52.9 Å². The van der Waals surface area contributed by atoms with Gasteiger partial charge in [0.1, 0.15) is 12.4 Å². The molecule has 1 aromatic carbocycles. The van der Waals surface area contributed by atoms with Crippen LogP contribution in [0.3, 0.4) is 0 Å². The van der Waals surface area contributed by atoms with E-state index in [0.717, 1.165) is 23.4 Å². The van der Waals surface area contributed by atoms with Crippen molar-refractivity contribution in [3.63, 3.8) is 0 Å². The summed E-state index contributed by atoms with van der Waals surface area (Å²) in [6.45, 7) is 4.24. The Hall–Kier alpha value is -1.54. The number of benzene rings is 1. The molecule has 0 saturated heterocycles. The first-order valence-corrected chi connectivity index (χ1v) is 6.35. The molecule has 0 amide bonds. The van der Waals surface area contributed by atoms with Gasteiger partial charge in [0.15, 0.2) is 0 Å². The number of hydrogen-bond acceptors (Lipinski definition) is 4. The van der Waals surface area contributed by atoms with Crippen LogP contribution in [0.15, 0.2) is 18.2 Å². The number of likely N-dealkylation sites (N-methyl/N-ethyl adjacent to an activating group) is 1. The summed E-state index contributed by atoms with van der Waals surface area (Å²) in [6, 6.07) is 5.71. The first-order valence-electron chi connectivity index (χ1n) is 6.35. The summed E-state index contributed by atoms with van der Waals surface area (Å²) in [4.78, 5) is 2.13. The molecule has 0 fully saturated rings. The van der Waals surface area contributed by atoms with E-state index in [0.29, 0.717) is 13.1 Å². The van der Waals surface area contributed by atoms with Crippen LogP contribution in [0.1, 0.15) is 18.1 Å². The fraction of sp³-hybridized carbons (Fsp3) is 0.467. The van der Waals surface area contributed by atoms with Crippen LogP contribution in [0, 0.1) is 11.8 Å². The third-order valence-electron chi connectivity index (χ3n) is 2.85. The van der Waals surface area contributed by atoms with Crippen LogP contribution < -0.4 is 4.74 Å². The van der Waals surface area contributed by atoms with Gasteiger partial charge in [0.2, 0.25) is 0 Å². The van der Waals surface area contributed by atoms with Crippen molar-refractivity contribution >= 4 is 0 Å². The van der Waals surface area contributed by atoms with Crippen LogP contribution in [0.4, 0.5) is 0 Å². The van der Waals surface area contributed by atoms with Gasteiger partial charge in [-0.1, -0.05) is 18.8 Å². The van der Waals surface area contributed by atoms with E-state index in [1.807, 2.05) is 18.2 Å².